The number of aryl methyl sites for hydroxylation is 4. The molecule has 4 aliphatic carbocycles. The van der Waals surface area contributed by atoms with Crippen molar-refractivity contribution in [2.75, 3.05) is 0 Å². The summed E-state index contributed by atoms with van der Waals surface area (Å²) < 4.78 is 0. The highest BCUT2D eigenvalue weighted by Gasteiger charge is 2.18. The van der Waals surface area contributed by atoms with E-state index < -0.39 is 11.0 Å². The topological polar surface area (TPSA) is 34.1 Å². The Kier molecular flexibility index (Phi) is 4.92. The Bertz CT molecular complexity index is 732. The molecule has 0 radical (unpaired) electrons. The molecule has 2 nitrogen and oxygen atoms in total. The van der Waals surface area contributed by atoms with Crippen LogP contribution in [-0.4, -0.2) is 11.0 Å². The molecule has 0 aliphatic heterocycles. The van der Waals surface area contributed by atoms with Gasteiger partial charge in [0, 0.05) is 5.56 Å². The summed E-state index contributed by atoms with van der Waals surface area (Å²) in [5.41, 5.74) is 5.14. The number of ketones is 1. The Labute approximate surface area is 141 Å². The van der Waals surface area contributed by atoms with E-state index in [4.69, 9.17) is 11.6 Å². The third kappa shape index (κ3) is 3.89. The molecule has 6 rings (SSSR count). The maximum absolute atomic E-state index is 12.1. The second-order valence-electron chi connectivity index (χ2n) is 6.12. The minimum atomic E-state index is -0.903. The van der Waals surface area contributed by atoms with Crippen LogP contribution in [0.3, 0.4) is 0 Å². The third-order valence-electron chi connectivity index (χ3n) is 4.46. The van der Waals surface area contributed by atoms with Crippen molar-refractivity contribution in [3.05, 3.63) is 70.3 Å². The molecule has 0 aromatic heterocycles. The molecular weight excluding hydrogens is 308 g/mol. The first kappa shape index (κ1) is 15.9. The summed E-state index contributed by atoms with van der Waals surface area (Å²) in [5, 5.41) is -0.903. The predicted octanol–water partition coefficient (Wildman–Crippen LogP) is 4.30. The van der Waals surface area contributed by atoms with Crippen molar-refractivity contribution in [2.45, 2.75) is 38.5 Å². The van der Waals surface area contributed by atoms with Gasteiger partial charge in [0.05, 0.1) is 0 Å². The molecular formula is C20H19ClO2. The molecule has 4 aliphatic rings. The second-order valence-corrected chi connectivity index (χ2v) is 6.46. The summed E-state index contributed by atoms with van der Waals surface area (Å²) in [7, 11) is 0. The number of rotatable bonds is 2. The summed E-state index contributed by atoms with van der Waals surface area (Å²) in [4.78, 5) is 23.4. The molecule has 23 heavy (non-hydrogen) atoms. The van der Waals surface area contributed by atoms with Crippen LogP contribution in [0.1, 0.15) is 45.5 Å². The van der Waals surface area contributed by atoms with E-state index in [0.717, 1.165) is 49.7 Å². The zero-order valence-corrected chi connectivity index (χ0v) is 13.7. The van der Waals surface area contributed by atoms with E-state index >= 15 is 0 Å². The third-order valence-corrected chi connectivity index (χ3v) is 4.63. The number of benzene rings is 2. The van der Waals surface area contributed by atoms with Gasteiger partial charge in [-0.15, -0.1) is 0 Å². The lowest BCUT2D eigenvalue weighted by Gasteiger charge is -2.12. The largest absolute Gasteiger partial charge is 0.293 e. The first-order valence-electron chi connectivity index (χ1n) is 8.07. The molecule has 0 N–H and O–H groups in total. The van der Waals surface area contributed by atoms with E-state index in [1.54, 1.807) is 0 Å². The van der Waals surface area contributed by atoms with E-state index in [2.05, 4.69) is 30.3 Å². The number of hydrogen-bond donors (Lipinski definition) is 0. The van der Waals surface area contributed by atoms with Gasteiger partial charge in [0.15, 0.2) is 0 Å². The Morgan fingerprint density at radius 3 is 1.87 bits per heavy atom. The molecule has 0 saturated heterocycles. The maximum Gasteiger partial charge on any atom is 0.293 e. The average Bonchev–Trinajstić information content (AvgIpc) is 2.56. The van der Waals surface area contributed by atoms with E-state index in [1.807, 2.05) is 12.1 Å². The lowest BCUT2D eigenvalue weighted by atomic mass is 9.93. The quantitative estimate of drug-likeness (QED) is 0.468. The van der Waals surface area contributed by atoms with Crippen LogP contribution < -0.4 is 0 Å². The SMILES string of the molecule is O=C(Cl)C(=O)c1cc2ccc1CCCc1ccc(cc1)CCC2. The molecule has 0 atom stereocenters. The summed E-state index contributed by atoms with van der Waals surface area (Å²) in [6, 6.07) is 14.7. The fraction of sp³-hybridized carbons (Fsp3) is 0.300. The van der Waals surface area contributed by atoms with Gasteiger partial charge in [-0.1, -0.05) is 36.4 Å². The van der Waals surface area contributed by atoms with Gasteiger partial charge >= 0.3 is 0 Å². The summed E-state index contributed by atoms with van der Waals surface area (Å²) in [6.07, 6.45) is 5.59. The summed E-state index contributed by atoms with van der Waals surface area (Å²) in [5.74, 6) is -0.584. The van der Waals surface area contributed by atoms with Gasteiger partial charge in [-0.25, -0.2) is 0 Å². The van der Waals surface area contributed by atoms with Crippen molar-refractivity contribution < 1.29 is 9.59 Å². The Balaban J connectivity index is 1.92. The molecule has 0 saturated carbocycles. The lowest BCUT2D eigenvalue weighted by molar-refractivity contribution is -0.108. The van der Waals surface area contributed by atoms with Crippen molar-refractivity contribution in [1.29, 1.82) is 0 Å². The van der Waals surface area contributed by atoms with E-state index in [1.165, 1.54) is 11.1 Å². The normalized spacial score (nSPS) is 14.5. The van der Waals surface area contributed by atoms with Crippen molar-refractivity contribution in [3.63, 3.8) is 0 Å². The van der Waals surface area contributed by atoms with Crippen LogP contribution in [-0.2, 0) is 30.5 Å². The zero-order chi connectivity index (χ0) is 16.2. The molecule has 4 bridgehead atoms. The molecule has 2 aromatic rings. The first-order chi connectivity index (χ1) is 11.1. The van der Waals surface area contributed by atoms with Gasteiger partial charge in [-0.3, -0.25) is 9.59 Å². The highest BCUT2D eigenvalue weighted by molar-refractivity contribution is 6.83. The Morgan fingerprint density at radius 2 is 1.26 bits per heavy atom. The van der Waals surface area contributed by atoms with Crippen LogP contribution in [0.15, 0.2) is 42.5 Å². The van der Waals surface area contributed by atoms with Gasteiger partial charge in [0.25, 0.3) is 5.24 Å². The van der Waals surface area contributed by atoms with Crippen molar-refractivity contribution >= 4 is 22.6 Å². The number of halogens is 1. The van der Waals surface area contributed by atoms with Crippen molar-refractivity contribution in [2.24, 2.45) is 0 Å². The van der Waals surface area contributed by atoms with Crippen molar-refractivity contribution in [1.82, 2.24) is 0 Å². The Hall–Kier alpha value is -1.93. The minimum absolute atomic E-state index is 0.480. The van der Waals surface area contributed by atoms with Gasteiger partial charge < -0.3 is 0 Å². The van der Waals surface area contributed by atoms with Crippen LogP contribution >= 0.6 is 11.6 Å². The molecule has 118 valence electrons. The zero-order valence-electron chi connectivity index (χ0n) is 13.0. The van der Waals surface area contributed by atoms with Crippen LogP contribution in [0.2, 0.25) is 0 Å². The fourth-order valence-electron chi connectivity index (χ4n) is 3.17. The van der Waals surface area contributed by atoms with Gasteiger partial charge in [-0.2, -0.15) is 0 Å². The van der Waals surface area contributed by atoms with Gasteiger partial charge in [0.2, 0.25) is 5.78 Å². The van der Waals surface area contributed by atoms with Crippen LogP contribution in [0.4, 0.5) is 0 Å². The lowest BCUT2D eigenvalue weighted by Crippen LogP contribution is -2.12. The predicted molar refractivity (Wildman–Crippen MR) is 92.1 cm³/mol. The number of Topliss-reactive ketones (excluding diaryl/α,β-unsaturated/α-hetero) is 1. The molecule has 0 spiro atoms. The van der Waals surface area contributed by atoms with Gasteiger partial charge in [-0.05, 0) is 78.4 Å². The first-order valence-corrected chi connectivity index (χ1v) is 8.45. The highest BCUT2D eigenvalue weighted by atomic mass is 35.5. The summed E-state index contributed by atoms with van der Waals surface area (Å²) in [6.45, 7) is 0. The molecule has 0 fully saturated rings. The molecule has 2 aromatic carbocycles. The Morgan fingerprint density at radius 1 is 0.739 bits per heavy atom. The maximum atomic E-state index is 12.1. The molecule has 0 amide bonds. The second kappa shape index (κ2) is 7.10. The smallest absolute Gasteiger partial charge is 0.284 e. The standard InChI is InChI=1S/C20H19ClO2/c21-20(23)19(22)18-13-16-5-1-3-14-7-9-15(10-8-14)4-2-6-17(18)12-11-16/h7-13H,1-6H2. The minimum Gasteiger partial charge on any atom is -0.284 e. The number of carbonyl (C=O) groups excluding carboxylic acids is 2. The monoisotopic (exact) mass is 326 g/mol. The molecule has 0 heterocycles. The number of hydrogen-bond acceptors (Lipinski definition) is 2. The summed E-state index contributed by atoms with van der Waals surface area (Å²) >= 11 is 5.42. The van der Waals surface area contributed by atoms with E-state index in [9.17, 15) is 9.59 Å². The van der Waals surface area contributed by atoms with Crippen LogP contribution in [0.25, 0.3) is 0 Å². The van der Waals surface area contributed by atoms with Crippen LogP contribution in [0, 0.1) is 0 Å². The van der Waals surface area contributed by atoms with E-state index in [-0.39, 0.29) is 0 Å². The fourth-order valence-corrected chi connectivity index (χ4v) is 3.27. The number of carbonyl (C=O) groups is 2. The van der Waals surface area contributed by atoms with Crippen molar-refractivity contribution in [3.8, 4) is 0 Å². The molecule has 0 unspecified atom stereocenters. The van der Waals surface area contributed by atoms with E-state index in [0.29, 0.717) is 5.56 Å². The molecule has 3 heteroatoms. The van der Waals surface area contributed by atoms with Gasteiger partial charge in [0.1, 0.15) is 0 Å². The average molecular weight is 327 g/mol. The van der Waals surface area contributed by atoms with Crippen LogP contribution in [0.5, 0.6) is 0 Å². The highest BCUT2D eigenvalue weighted by Crippen LogP contribution is 2.20.